The Morgan fingerprint density at radius 1 is 1.10 bits per heavy atom. The number of amides is 2. The summed E-state index contributed by atoms with van der Waals surface area (Å²) in [4.78, 5) is 29.0. The second-order valence-electron chi connectivity index (χ2n) is 8.34. The van der Waals surface area contributed by atoms with Gasteiger partial charge in [0.2, 0.25) is 11.8 Å². The summed E-state index contributed by atoms with van der Waals surface area (Å²) in [6, 6.07) is 8.95. The average molecular weight is 402 g/mol. The quantitative estimate of drug-likeness (QED) is 0.612. The van der Waals surface area contributed by atoms with Gasteiger partial charge < -0.3 is 10.2 Å². The maximum Gasteiger partial charge on any atom is 0.222 e. The van der Waals surface area contributed by atoms with E-state index in [1.54, 1.807) is 0 Å². The van der Waals surface area contributed by atoms with Gasteiger partial charge >= 0.3 is 0 Å². The molecule has 2 amide bonds. The predicted octanol–water partition coefficient (Wildman–Crippen LogP) is 3.89. The molecule has 1 aromatic carbocycles. The van der Waals surface area contributed by atoms with E-state index >= 15 is 0 Å². The van der Waals surface area contributed by atoms with Crippen molar-refractivity contribution in [1.29, 1.82) is 0 Å². The highest BCUT2D eigenvalue weighted by molar-refractivity contribution is 5.79. The number of nitrogens with one attached hydrogen (secondary N) is 1. The topological polar surface area (TPSA) is 52.7 Å². The van der Waals surface area contributed by atoms with Gasteiger partial charge in [0.05, 0.1) is 0 Å². The highest BCUT2D eigenvalue weighted by Crippen LogP contribution is 2.15. The lowest BCUT2D eigenvalue weighted by Crippen LogP contribution is -2.44. The molecule has 1 saturated heterocycles. The second-order valence-corrected chi connectivity index (χ2v) is 8.34. The zero-order valence-corrected chi connectivity index (χ0v) is 18.6. The standard InChI is InChI=1S/C24H39N3O2/c1-4-14-27(15-5-2)24(29)11-7-10-23(28)25-22-12-16-26(17-13-22)19-21-9-6-8-20(3)18-21/h6,8-9,18,22H,4-5,7,10-17,19H2,1-3H3,(H,25,28). The Labute approximate surface area is 176 Å². The fraction of sp³-hybridized carbons (Fsp3) is 0.667. The van der Waals surface area contributed by atoms with Crippen molar-refractivity contribution in [3.63, 3.8) is 0 Å². The Kier molecular flexibility index (Phi) is 10.2. The number of carbonyl (C=O) groups excluding carboxylic acids is 2. The average Bonchev–Trinajstić information content (AvgIpc) is 2.69. The number of piperidine rings is 1. The molecule has 0 atom stereocenters. The molecule has 1 aliphatic rings. The third kappa shape index (κ3) is 8.57. The van der Waals surface area contributed by atoms with Crippen molar-refractivity contribution < 1.29 is 9.59 Å². The highest BCUT2D eigenvalue weighted by atomic mass is 16.2. The third-order valence-corrected chi connectivity index (χ3v) is 5.58. The number of likely N-dealkylation sites (tertiary alicyclic amines) is 1. The summed E-state index contributed by atoms with van der Waals surface area (Å²) >= 11 is 0. The van der Waals surface area contributed by atoms with Crippen LogP contribution in [-0.2, 0) is 16.1 Å². The van der Waals surface area contributed by atoms with Gasteiger partial charge in [-0.2, -0.15) is 0 Å². The molecule has 2 rings (SSSR count). The van der Waals surface area contributed by atoms with E-state index in [0.717, 1.165) is 58.4 Å². The van der Waals surface area contributed by atoms with Crippen molar-refractivity contribution in [2.24, 2.45) is 0 Å². The van der Waals surface area contributed by atoms with Gasteiger partial charge in [-0.15, -0.1) is 0 Å². The first-order chi connectivity index (χ1) is 14.0. The summed E-state index contributed by atoms with van der Waals surface area (Å²) in [5.41, 5.74) is 2.66. The Balaban J connectivity index is 1.63. The summed E-state index contributed by atoms with van der Waals surface area (Å²) in [7, 11) is 0. The maximum absolute atomic E-state index is 12.3. The van der Waals surface area contributed by atoms with Crippen LogP contribution in [0.15, 0.2) is 24.3 Å². The largest absolute Gasteiger partial charge is 0.353 e. The fourth-order valence-corrected chi connectivity index (χ4v) is 4.06. The summed E-state index contributed by atoms with van der Waals surface area (Å²) < 4.78 is 0. The summed E-state index contributed by atoms with van der Waals surface area (Å²) in [6.45, 7) is 11.0. The van der Waals surface area contributed by atoms with Crippen molar-refractivity contribution in [3.05, 3.63) is 35.4 Å². The molecular formula is C24H39N3O2. The van der Waals surface area contributed by atoms with Gasteiger partial charge in [-0.3, -0.25) is 14.5 Å². The molecule has 1 fully saturated rings. The minimum absolute atomic E-state index is 0.0902. The van der Waals surface area contributed by atoms with Crippen LogP contribution in [0.3, 0.4) is 0 Å². The van der Waals surface area contributed by atoms with E-state index in [0.29, 0.717) is 19.3 Å². The third-order valence-electron chi connectivity index (χ3n) is 5.58. The second kappa shape index (κ2) is 12.6. The van der Waals surface area contributed by atoms with Gasteiger partial charge in [0.15, 0.2) is 0 Å². The predicted molar refractivity (Wildman–Crippen MR) is 119 cm³/mol. The molecular weight excluding hydrogens is 362 g/mol. The lowest BCUT2D eigenvalue weighted by atomic mass is 10.0. The lowest BCUT2D eigenvalue weighted by Gasteiger charge is -2.32. The highest BCUT2D eigenvalue weighted by Gasteiger charge is 2.21. The molecule has 5 heteroatoms. The molecule has 0 saturated carbocycles. The van der Waals surface area contributed by atoms with Crippen LogP contribution in [0.5, 0.6) is 0 Å². The number of benzene rings is 1. The minimum Gasteiger partial charge on any atom is -0.353 e. The molecule has 0 spiro atoms. The van der Waals surface area contributed by atoms with E-state index in [9.17, 15) is 9.59 Å². The molecule has 0 unspecified atom stereocenters. The lowest BCUT2D eigenvalue weighted by molar-refractivity contribution is -0.131. The first kappa shape index (κ1) is 23.4. The number of nitrogens with zero attached hydrogens (tertiary/aromatic N) is 2. The van der Waals surface area contributed by atoms with Gasteiger partial charge in [0, 0.05) is 51.6 Å². The van der Waals surface area contributed by atoms with Crippen LogP contribution in [0.2, 0.25) is 0 Å². The molecule has 1 aromatic rings. The number of carbonyl (C=O) groups is 2. The zero-order chi connectivity index (χ0) is 21.1. The monoisotopic (exact) mass is 401 g/mol. The van der Waals surface area contributed by atoms with Crippen LogP contribution in [0.4, 0.5) is 0 Å². The van der Waals surface area contributed by atoms with Crippen LogP contribution in [0.25, 0.3) is 0 Å². The first-order valence-corrected chi connectivity index (χ1v) is 11.4. The molecule has 1 N–H and O–H groups in total. The van der Waals surface area contributed by atoms with Gasteiger partial charge in [-0.25, -0.2) is 0 Å². The molecule has 29 heavy (non-hydrogen) atoms. The molecule has 1 heterocycles. The van der Waals surface area contributed by atoms with Gasteiger partial charge in [-0.05, 0) is 44.6 Å². The number of hydrogen-bond acceptors (Lipinski definition) is 3. The van der Waals surface area contributed by atoms with E-state index < -0.39 is 0 Å². The van der Waals surface area contributed by atoms with E-state index in [4.69, 9.17) is 0 Å². The van der Waals surface area contributed by atoms with Crippen molar-refractivity contribution in [3.8, 4) is 0 Å². The van der Waals surface area contributed by atoms with E-state index in [1.807, 2.05) is 4.90 Å². The smallest absolute Gasteiger partial charge is 0.222 e. The Bertz CT molecular complexity index is 633. The normalized spacial score (nSPS) is 15.3. The van der Waals surface area contributed by atoms with Crippen LogP contribution >= 0.6 is 0 Å². The van der Waals surface area contributed by atoms with Crippen LogP contribution in [0.1, 0.15) is 69.9 Å². The van der Waals surface area contributed by atoms with E-state index in [-0.39, 0.29) is 17.9 Å². The van der Waals surface area contributed by atoms with Crippen molar-refractivity contribution >= 4 is 11.8 Å². The molecule has 0 aliphatic carbocycles. The van der Waals surface area contributed by atoms with Gasteiger partial charge in [-0.1, -0.05) is 43.7 Å². The molecule has 0 aromatic heterocycles. The van der Waals surface area contributed by atoms with Gasteiger partial charge in [0.1, 0.15) is 0 Å². The van der Waals surface area contributed by atoms with Crippen molar-refractivity contribution in [2.45, 2.75) is 78.3 Å². The van der Waals surface area contributed by atoms with Gasteiger partial charge in [0.25, 0.3) is 0 Å². The van der Waals surface area contributed by atoms with Crippen LogP contribution in [0, 0.1) is 6.92 Å². The number of aryl methyl sites for hydroxylation is 1. The molecule has 5 nitrogen and oxygen atoms in total. The summed E-state index contributed by atoms with van der Waals surface area (Å²) in [5.74, 6) is 0.276. The maximum atomic E-state index is 12.3. The van der Waals surface area contributed by atoms with Crippen molar-refractivity contribution in [2.75, 3.05) is 26.2 Å². The number of hydrogen-bond donors (Lipinski definition) is 1. The Morgan fingerprint density at radius 3 is 2.41 bits per heavy atom. The molecule has 162 valence electrons. The molecule has 1 aliphatic heterocycles. The molecule has 0 radical (unpaired) electrons. The minimum atomic E-state index is 0.0902. The van der Waals surface area contributed by atoms with E-state index in [2.05, 4.69) is 55.3 Å². The fourth-order valence-electron chi connectivity index (χ4n) is 4.06. The van der Waals surface area contributed by atoms with Crippen LogP contribution < -0.4 is 5.32 Å². The Morgan fingerprint density at radius 2 is 1.79 bits per heavy atom. The van der Waals surface area contributed by atoms with Crippen molar-refractivity contribution in [1.82, 2.24) is 15.1 Å². The number of rotatable bonds is 11. The molecule has 0 bridgehead atoms. The Hall–Kier alpha value is -1.88. The summed E-state index contributed by atoms with van der Waals surface area (Å²) in [5, 5.41) is 3.18. The van der Waals surface area contributed by atoms with E-state index in [1.165, 1.54) is 11.1 Å². The first-order valence-electron chi connectivity index (χ1n) is 11.4. The summed E-state index contributed by atoms with van der Waals surface area (Å²) in [6.07, 6.45) is 5.52. The zero-order valence-electron chi connectivity index (χ0n) is 18.6. The van der Waals surface area contributed by atoms with Crippen LogP contribution in [-0.4, -0.2) is 53.8 Å². The SMILES string of the molecule is CCCN(CCC)C(=O)CCCC(=O)NC1CCN(Cc2cccc(C)c2)CC1.